The first kappa shape index (κ1) is 17.3. The second kappa shape index (κ2) is 7.62. The van der Waals surface area contributed by atoms with Gasteiger partial charge in [0.05, 0.1) is 13.2 Å². The van der Waals surface area contributed by atoms with Crippen LogP contribution < -0.4 is 9.47 Å². The summed E-state index contributed by atoms with van der Waals surface area (Å²) in [5.74, 6) is 3.34. The minimum Gasteiger partial charge on any atom is -0.490 e. The van der Waals surface area contributed by atoms with E-state index in [4.69, 9.17) is 14.5 Å². The van der Waals surface area contributed by atoms with E-state index in [0.717, 1.165) is 43.4 Å². The van der Waals surface area contributed by atoms with Crippen molar-refractivity contribution in [1.29, 1.82) is 0 Å². The topological polar surface area (TPSA) is 47.5 Å². The lowest BCUT2D eigenvalue weighted by Crippen LogP contribution is -2.31. The molecule has 5 nitrogen and oxygen atoms in total. The van der Waals surface area contributed by atoms with Crippen LogP contribution in [0.5, 0.6) is 11.5 Å². The number of hydrogen-bond donors (Lipinski definition) is 0. The molecule has 5 heteroatoms. The summed E-state index contributed by atoms with van der Waals surface area (Å²) in [6.07, 6.45) is 5.56. The van der Waals surface area contributed by atoms with Crippen LogP contribution in [0, 0.1) is 0 Å². The van der Waals surface area contributed by atoms with Gasteiger partial charge in [0.15, 0.2) is 11.5 Å². The average molecular weight is 353 g/mol. The van der Waals surface area contributed by atoms with Crippen molar-refractivity contribution in [2.45, 2.75) is 52.1 Å². The maximum absolute atomic E-state index is 5.75. The Kier molecular flexibility index (Phi) is 5.07. The van der Waals surface area contributed by atoms with Crippen LogP contribution in [0.4, 0.5) is 0 Å². The number of hydrogen-bond acceptors (Lipinski definition) is 5. The number of ether oxygens (including phenoxy) is 2. The lowest BCUT2D eigenvalue weighted by molar-refractivity contribution is 0.241. The Morgan fingerprint density at radius 3 is 2.69 bits per heavy atom. The molecule has 0 unspecified atom stereocenters. The predicted octanol–water partition coefficient (Wildman–Crippen LogP) is 3.71. The van der Waals surface area contributed by atoms with Crippen LogP contribution in [0.2, 0.25) is 0 Å². The lowest BCUT2D eigenvalue weighted by Gasteiger charge is -2.28. The van der Waals surface area contributed by atoms with Crippen molar-refractivity contribution in [2.75, 3.05) is 19.8 Å². The van der Waals surface area contributed by atoms with Crippen LogP contribution >= 0.6 is 0 Å². The Balaban J connectivity index is 1.45. The van der Waals surface area contributed by atoms with Crippen LogP contribution in [0.3, 0.4) is 0 Å². The number of fused-ring (bicyclic) bond motifs is 1. The van der Waals surface area contributed by atoms with E-state index in [-0.39, 0.29) is 0 Å². The molecule has 138 valence electrons. The molecule has 2 aliphatic rings. The Morgan fingerprint density at radius 1 is 1.12 bits per heavy atom. The van der Waals surface area contributed by atoms with Gasteiger partial charge in [-0.1, -0.05) is 6.07 Å². The molecule has 26 heavy (non-hydrogen) atoms. The van der Waals surface area contributed by atoms with Gasteiger partial charge in [0, 0.05) is 49.4 Å². The Morgan fingerprint density at radius 2 is 1.92 bits per heavy atom. The van der Waals surface area contributed by atoms with Crippen molar-refractivity contribution in [3.8, 4) is 11.5 Å². The Bertz CT molecular complexity index is 774. The molecule has 1 aromatic heterocycles. The fourth-order valence-electron chi connectivity index (χ4n) is 3.52. The Labute approximate surface area is 155 Å². The third-order valence-electron chi connectivity index (χ3n) is 4.99. The van der Waals surface area contributed by atoms with Gasteiger partial charge in [0.1, 0.15) is 5.82 Å². The summed E-state index contributed by atoms with van der Waals surface area (Å²) in [7, 11) is 0. The van der Waals surface area contributed by atoms with E-state index in [1.54, 1.807) is 0 Å². The second-order valence-electron chi connectivity index (χ2n) is 7.08. The van der Waals surface area contributed by atoms with E-state index < -0.39 is 0 Å². The maximum Gasteiger partial charge on any atom is 0.161 e. The van der Waals surface area contributed by atoms with Crippen LogP contribution in [-0.4, -0.2) is 34.6 Å². The van der Waals surface area contributed by atoms with Crippen molar-refractivity contribution in [2.24, 2.45) is 0 Å². The van der Waals surface area contributed by atoms with Crippen LogP contribution in [0.1, 0.15) is 55.3 Å². The fourth-order valence-corrected chi connectivity index (χ4v) is 3.52. The van der Waals surface area contributed by atoms with E-state index in [2.05, 4.69) is 22.0 Å². The van der Waals surface area contributed by atoms with E-state index in [0.29, 0.717) is 19.1 Å². The highest BCUT2D eigenvalue weighted by Gasteiger charge is 2.28. The van der Waals surface area contributed by atoms with Gasteiger partial charge in [0.2, 0.25) is 0 Å². The van der Waals surface area contributed by atoms with Gasteiger partial charge < -0.3 is 9.47 Å². The van der Waals surface area contributed by atoms with Gasteiger partial charge >= 0.3 is 0 Å². The standard InChI is InChI=1S/C21H27N3O2/c1-3-25-19-8-5-15(11-20(19)26-4-2)13-24-10-9-18-17(14-24)12-22-21(23-18)16-6-7-16/h5,8,11-12,16H,3-4,6-7,9-10,13-14H2,1-2H3. The molecular weight excluding hydrogens is 326 g/mol. The SMILES string of the molecule is CCOc1ccc(CN2CCc3nc(C4CC4)ncc3C2)cc1OCC. The van der Waals surface area contributed by atoms with Crippen molar-refractivity contribution < 1.29 is 9.47 Å². The molecule has 0 bridgehead atoms. The largest absolute Gasteiger partial charge is 0.490 e. The summed E-state index contributed by atoms with van der Waals surface area (Å²) in [5.41, 5.74) is 3.77. The van der Waals surface area contributed by atoms with Crippen LogP contribution in [-0.2, 0) is 19.5 Å². The highest BCUT2D eigenvalue weighted by atomic mass is 16.5. The average Bonchev–Trinajstić information content (AvgIpc) is 3.49. The molecule has 0 radical (unpaired) electrons. The third kappa shape index (κ3) is 3.83. The molecule has 0 amide bonds. The van der Waals surface area contributed by atoms with Gasteiger partial charge in [-0.05, 0) is 44.4 Å². The second-order valence-corrected chi connectivity index (χ2v) is 7.08. The smallest absolute Gasteiger partial charge is 0.161 e. The molecule has 1 saturated carbocycles. The fraction of sp³-hybridized carbons (Fsp3) is 0.524. The molecule has 1 aromatic carbocycles. The monoisotopic (exact) mass is 353 g/mol. The zero-order valence-electron chi connectivity index (χ0n) is 15.7. The molecule has 0 spiro atoms. The summed E-state index contributed by atoms with van der Waals surface area (Å²) in [5, 5.41) is 0. The van der Waals surface area contributed by atoms with Gasteiger partial charge in [-0.25, -0.2) is 9.97 Å². The van der Waals surface area contributed by atoms with Crippen molar-refractivity contribution in [3.63, 3.8) is 0 Å². The molecule has 0 saturated heterocycles. The summed E-state index contributed by atoms with van der Waals surface area (Å²) in [4.78, 5) is 11.9. The van der Waals surface area contributed by atoms with E-state index in [9.17, 15) is 0 Å². The van der Waals surface area contributed by atoms with Gasteiger partial charge in [-0.2, -0.15) is 0 Å². The number of aromatic nitrogens is 2. The van der Waals surface area contributed by atoms with Crippen LogP contribution in [0.25, 0.3) is 0 Å². The first-order chi connectivity index (χ1) is 12.8. The summed E-state index contributed by atoms with van der Waals surface area (Å²) in [6, 6.07) is 6.26. The molecule has 1 aliphatic carbocycles. The summed E-state index contributed by atoms with van der Waals surface area (Å²) >= 11 is 0. The predicted molar refractivity (Wildman–Crippen MR) is 101 cm³/mol. The van der Waals surface area contributed by atoms with Crippen LogP contribution in [0.15, 0.2) is 24.4 Å². The summed E-state index contributed by atoms with van der Waals surface area (Å²) < 4.78 is 11.4. The normalized spacial score (nSPS) is 17.0. The van der Waals surface area contributed by atoms with E-state index in [1.807, 2.05) is 26.1 Å². The highest BCUT2D eigenvalue weighted by molar-refractivity contribution is 5.43. The molecule has 2 heterocycles. The number of rotatable bonds is 7. The van der Waals surface area contributed by atoms with Crippen molar-refractivity contribution in [1.82, 2.24) is 14.9 Å². The van der Waals surface area contributed by atoms with Crippen molar-refractivity contribution in [3.05, 3.63) is 47.0 Å². The quantitative estimate of drug-likeness (QED) is 0.759. The highest BCUT2D eigenvalue weighted by Crippen LogP contribution is 2.38. The lowest BCUT2D eigenvalue weighted by atomic mass is 10.1. The first-order valence-corrected chi connectivity index (χ1v) is 9.72. The first-order valence-electron chi connectivity index (χ1n) is 9.72. The number of benzene rings is 1. The molecule has 1 fully saturated rings. The van der Waals surface area contributed by atoms with Crippen molar-refractivity contribution >= 4 is 0 Å². The molecule has 1 aliphatic heterocycles. The molecule has 2 aromatic rings. The zero-order valence-corrected chi connectivity index (χ0v) is 15.7. The minimum atomic E-state index is 0.624. The van der Waals surface area contributed by atoms with E-state index >= 15 is 0 Å². The van der Waals surface area contributed by atoms with E-state index in [1.165, 1.54) is 29.7 Å². The Hall–Kier alpha value is -2.14. The van der Waals surface area contributed by atoms with Gasteiger partial charge in [-0.15, -0.1) is 0 Å². The summed E-state index contributed by atoms with van der Waals surface area (Å²) in [6.45, 7) is 8.12. The number of nitrogens with zero attached hydrogens (tertiary/aromatic N) is 3. The zero-order chi connectivity index (χ0) is 17.9. The third-order valence-corrected chi connectivity index (χ3v) is 4.99. The molecular formula is C21H27N3O2. The minimum absolute atomic E-state index is 0.624. The molecule has 0 N–H and O–H groups in total. The van der Waals surface area contributed by atoms with Gasteiger partial charge in [0.25, 0.3) is 0 Å². The molecule has 0 atom stereocenters. The maximum atomic E-state index is 5.75. The molecule has 4 rings (SSSR count). The van der Waals surface area contributed by atoms with Gasteiger partial charge in [-0.3, -0.25) is 4.90 Å².